The Hall–Kier alpha value is -1.97. The van der Waals surface area contributed by atoms with Crippen molar-refractivity contribution in [1.29, 1.82) is 0 Å². The van der Waals surface area contributed by atoms with Crippen LogP contribution in [0.2, 0.25) is 0 Å². The van der Waals surface area contributed by atoms with Gasteiger partial charge in [-0.3, -0.25) is 4.79 Å². The minimum atomic E-state index is -3.45. The molecule has 1 fully saturated rings. The smallest absolute Gasteiger partial charge is 0.243 e. The van der Waals surface area contributed by atoms with Crippen LogP contribution in [0.5, 0.6) is 0 Å². The molecule has 162 valence electrons. The maximum absolute atomic E-state index is 12.6. The van der Waals surface area contributed by atoms with Gasteiger partial charge in [-0.15, -0.1) is 0 Å². The van der Waals surface area contributed by atoms with Crippen LogP contribution in [0, 0.1) is 6.92 Å². The topological polar surface area (TPSA) is 92.3 Å². The minimum absolute atomic E-state index is 0.169. The lowest BCUT2D eigenvalue weighted by atomic mass is 10.2. The molecule has 1 aliphatic heterocycles. The lowest BCUT2D eigenvalue weighted by molar-refractivity contribution is -0.115. The highest BCUT2D eigenvalue weighted by atomic mass is 32.2. The predicted molar refractivity (Wildman–Crippen MR) is 119 cm³/mol. The number of benzene rings is 1. The van der Waals surface area contributed by atoms with E-state index >= 15 is 0 Å². The number of sulfonamides is 1. The van der Waals surface area contributed by atoms with Crippen molar-refractivity contribution in [2.75, 3.05) is 18.4 Å². The standard InChI is InChI=1S/C21H28N4O3S2/c1-14(2)20-22-15(3)13-19(24-20)29-16(4)21(26)23-17-7-9-18(10-8-17)30(27,28)25-11-5-6-12-25/h7-10,13-14,16H,5-6,11-12H2,1-4H3,(H,23,26)/t16-/m0/s1. The summed E-state index contributed by atoms with van der Waals surface area (Å²) in [6.07, 6.45) is 1.79. The van der Waals surface area contributed by atoms with Gasteiger partial charge in [0.2, 0.25) is 15.9 Å². The van der Waals surface area contributed by atoms with Gasteiger partial charge in [0.15, 0.2) is 0 Å². The number of aromatic nitrogens is 2. The zero-order valence-electron chi connectivity index (χ0n) is 17.8. The summed E-state index contributed by atoms with van der Waals surface area (Å²) in [6, 6.07) is 8.22. The summed E-state index contributed by atoms with van der Waals surface area (Å²) in [7, 11) is -3.45. The highest BCUT2D eigenvalue weighted by molar-refractivity contribution is 8.00. The molecule has 1 aromatic heterocycles. The molecule has 0 aliphatic carbocycles. The number of carbonyl (C=O) groups excluding carboxylic acids is 1. The third-order valence-electron chi connectivity index (χ3n) is 4.86. The van der Waals surface area contributed by atoms with Gasteiger partial charge in [0.05, 0.1) is 10.1 Å². The molecule has 1 saturated heterocycles. The molecule has 1 aliphatic rings. The number of hydrogen-bond donors (Lipinski definition) is 1. The highest BCUT2D eigenvalue weighted by Gasteiger charge is 2.27. The third kappa shape index (κ3) is 5.39. The van der Waals surface area contributed by atoms with Crippen molar-refractivity contribution in [3.63, 3.8) is 0 Å². The third-order valence-corrected chi connectivity index (χ3v) is 7.79. The van der Waals surface area contributed by atoms with Crippen LogP contribution in [0.4, 0.5) is 5.69 Å². The number of nitrogens with one attached hydrogen (secondary N) is 1. The van der Waals surface area contributed by atoms with Crippen molar-refractivity contribution in [1.82, 2.24) is 14.3 Å². The summed E-state index contributed by atoms with van der Waals surface area (Å²) in [6.45, 7) is 8.94. The SMILES string of the molecule is Cc1cc(S[C@@H](C)C(=O)Nc2ccc(S(=O)(=O)N3CCCC3)cc2)nc(C(C)C)n1. The van der Waals surface area contributed by atoms with Crippen molar-refractivity contribution < 1.29 is 13.2 Å². The Morgan fingerprint density at radius 1 is 1.10 bits per heavy atom. The van der Waals surface area contributed by atoms with E-state index in [1.54, 1.807) is 24.3 Å². The molecule has 1 aromatic carbocycles. The Morgan fingerprint density at radius 2 is 1.73 bits per heavy atom. The van der Waals surface area contributed by atoms with E-state index in [1.165, 1.54) is 16.1 Å². The van der Waals surface area contributed by atoms with Gasteiger partial charge in [-0.2, -0.15) is 4.31 Å². The summed E-state index contributed by atoms with van der Waals surface area (Å²) in [4.78, 5) is 21.8. The number of nitrogens with zero attached hydrogens (tertiary/aromatic N) is 3. The molecule has 3 rings (SSSR count). The summed E-state index contributed by atoms with van der Waals surface area (Å²) in [5, 5.41) is 3.25. The van der Waals surface area contributed by atoms with Gasteiger partial charge in [0, 0.05) is 30.4 Å². The number of rotatable bonds is 7. The van der Waals surface area contributed by atoms with Gasteiger partial charge in [-0.05, 0) is 57.0 Å². The lowest BCUT2D eigenvalue weighted by Gasteiger charge is -2.16. The number of carbonyl (C=O) groups is 1. The van der Waals surface area contributed by atoms with E-state index in [4.69, 9.17) is 0 Å². The number of anilines is 1. The maximum atomic E-state index is 12.6. The lowest BCUT2D eigenvalue weighted by Crippen LogP contribution is -2.27. The van der Waals surface area contributed by atoms with Gasteiger partial charge in [-0.25, -0.2) is 18.4 Å². The molecule has 0 saturated carbocycles. The first kappa shape index (κ1) is 22.7. The Kier molecular flexibility index (Phi) is 7.15. The van der Waals surface area contributed by atoms with Crippen LogP contribution >= 0.6 is 11.8 Å². The fourth-order valence-electron chi connectivity index (χ4n) is 3.15. The molecule has 9 heteroatoms. The Labute approximate surface area is 182 Å². The molecule has 0 unspecified atom stereocenters. The first-order valence-corrected chi connectivity index (χ1v) is 12.4. The number of amides is 1. The number of thioether (sulfide) groups is 1. The molecule has 1 N–H and O–H groups in total. The molecule has 1 amide bonds. The first-order chi connectivity index (χ1) is 14.2. The van der Waals surface area contributed by atoms with Crippen molar-refractivity contribution in [3.05, 3.63) is 41.9 Å². The minimum Gasteiger partial charge on any atom is -0.325 e. The fourth-order valence-corrected chi connectivity index (χ4v) is 5.58. The van der Waals surface area contributed by atoms with Crippen LogP contribution in [-0.2, 0) is 14.8 Å². The number of aryl methyl sites for hydroxylation is 1. The second-order valence-electron chi connectivity index (χ2n) is 7.75. The van der Waals surface area contributed by atoms with Crippen molar-refractivity contribution in [2.45, 2.75) is 61.6 Å². The molecule has 2 aromatic rings. The fraction of sp³-hybridized carbons (Fsp3) is 0.476. The summed E-state index contributed by atoms with van der Waals surface area (Å²) in [5.41, 5.74) is 1.44. The Morgan fingerprint density at radius 3 is 2.33 bits per heavy atom. The van der Waals surface area contributed by atoms with Gasteiger partial charge < -0.3 is 5.32 Å². The largest absolute Gasteiger partial charge is 0.325 e. The molecule has 7 nitrogen and oxygen atoms in total. The summed E-state index contributed by atoms with van der Waals surface area (Å²) >= 11 is 1.38. The molecule has 2 heterocycles. The Balaban J connectivity index is 1.64. The van der Waals surface area contributed by atoms with Crippen molar-refractivity contribution >= 4 is 33.4 Å². The molecule has 0 spiro atoms. The van der Waals surface area contributed by atoms with E-state index in [2.05, 4.69) is 15.3 Å². The van der Waals surface area contributed by atoms with E-state index in [-0.39, 0.29) is 22.0 Å². The molecule has 30 heavy (non-hydrogen) atoms. The van der Waals surface area contributed by atoms with Gasteiger partial charge in [-0.1, -0.05) is 25.6 Å². The quantitative estimate of drug-likeness (QED) is 0.511. The number of hydrogen-bond acceptors (Lipinski definition) is 6. The van der Waals surface area contributed by atoms with Crippen molar-refractivity contribution in [3.8, 4) is 0 Å². The Bertz CT molecular complexity index is 1000. The summed E-state index contributed by atoms with van der Waals surface area (Å²) in [5.74, 6) is 0.807. The zero-order chi connectivity index (χ0) is 21.9. The van der Waals surface area contributed by atoms with Crippen LogP contribution in [0.15, 0.2) is 40.3 Å². The molecular weight excluding hydrogens is 420 g/mol. The highest BCUT2D eigenvalue weighted by Crippen LogP contribution is 2.26. The van der Waals surface area contributed by atoms with Crippen LogP contribution < -0.4 is 5.32 Å². The molecule has 0 radical (unpaired) electrons. The molecule has 0 bridgehead atoms. The second kappa shape index (κ2) is 9.45. The van der Waals surface area contributed by atoms with Gasteiger partial charge in [0.1, 0.15) is 10.9 Å². The van der Waals surface area contributed by atoms with Crippen LogP contribution in [0.25, 0.3) is 0 Å². The van der Waals surface area contributed by atoms with Gasteiger partial charge >= 0.3 is 0 Å². The van der Waals surface area contributed by atoms with Crippen molar-refractivity contribution in [2.24, 2.45) is 0 Å². The normalized spacial score (nSPS) is 16.0. The van der Waals surface area contributed by atoms with Crippen LogP contribution in [-0.4, -0.2) is 46.9 Å². The average molecular weight is 449 g/mol. The molecule has 1 atom stereocenters. The van der Waals surface area contributed by atoms with Crippen LogP contribution in [0.3, 0.4) is 0 Å². The van der Waals surface area contributed by atoms with E-state index in [0.29, 0.717) is 18.8 Å². The maximum Gasteiger partial charge on any atom is 0.243 e. The first-order valence-electron chi connectivity index (χ1n) is 10.1. The van der Waals surface area contributed by atoms with E-state index < -0.39 is 10.0 Å². The second-order valence-corrected chi connectivity index (χ2v) is 11.0. The molecular formula is C21H28N4O3S2. The van der Waals surface area contributed by atoms with E-state index in [9.17, 15) is 13.2 Å². The van der Waals surface area contributed by atoms with Crippen LogP contribution in [0.1, 0.15) is 51.0 Å². The predicted octanol–water partition coefficient (Wildman–Crippen LogP) is 3.81. The monoisotopic (exact) mass is 448 g/mol. The average Bonchev–Trinajstić information content (AvgIpc) is 3.23. The van der Waals surface area contributed by atoms with Gasteiger partial charge in [0.25, 0.3) is 0 Å². The van der Waals surface area contributed by atoms with E-state index in [0.717, 1.165) is 29.4 Å². The summed E-state index contributed by atoms with van der Waals surface area (Å²) < 4.78 is 26.7. The zero-order valence-corrected chi connectivity index (χ0v) is 19.4. The van der Waals surface area contributed by atoms with E-state index in [1.807, 2.05) is 33.8 Å².